The molecule has 6 heteroatoms. The molecule has 0 saturated heterocycles. The second-order valence-corrected chi connectivity index (χ2v) is 5.99. The SMILES string of the molecule is CN(C)CCCNC(=O)c1nc2ccccn2c1CN(C)C. The first-order valence-electron chi connectivity index (χ1n) is 7.52. The molecule has 2 heterocycles. The molecule has 1 N–H and O–H groups in total. The van der Waals surface area contributed by atoms with Gasteiger partial charge < -0.3 is 19.5 Å². The van der Waals surface area contributed by atoms with Gasteiger partial charge in [0, 0.05) is 19.3 Å². The average molecular weight is 303 g/mol. The van der Waals surface area contributed by atoms with E-state index in [1.165, 1.54) is 0 Å². The Kier molecular flexibility index (Phi) is 5.51. The molecule has 0 aliphatic rings. The highest BCUT2D eigenvalue weighted by molar-refractivity contribution is 5.94. The van der Waals surface area contributed by atoms with E-state index in [9.17, 15) is 4.79 Å². The van der Waals surface area contributed by atoms with Crippen molar-refractivity contribution in [3.05, 3.63) is 35.8 Å². The summed E-state index contributed by atoms with van der Waals surface area (Å²) in [5.41, 5.74) is 2.24. The lowest BCUT2D eigenvalue weighted by atomic mass is 10.2. The summed E-state index contributed by atoms with van der Waals surface area (Å²) < 4.78 is 1.98. The highest BCUT2D eigenvalue weighted by atomic mass is 16.1. The van der Waals surface area contributed by atoms with Crippen molar-refractivity contribution in [1.82, 2.24) is 24.5 Å². The van der Waals surface area contributed by atoms with Crippen molar-refractivity contribution in [2.45, 2.75) is 13.0 Å². The molecule has 0 aliphatic carbocycles. The number of pyridine rings is 1. The summed E-state index contributed by atoms with van der Waals surface area (Å²) in [5, 5.41) is 2.97. The van der Waals surface area contributed by atoms with E-state index >= 15 is 0 Å². The normalized spacial score (nSPS) is 11.5. The van der Waals surface area contributed by atoms with Crippen LogP contribution in [0, 0.1) is 0 Å². The minimum atomic E-state index is -0.0979. The number of carbonyl (C=O) groups excluding carboxylic acids is 1. The lowest BCUT2D eigenvalue weighted by molar-refractivity contribution is 0.0946. The van der Waals surface area contributed by atoms with E-state index in [1.807, 2.05) is 61.9 Å². The maximum atomic E-state index is 12.4. The lowest BCUT2D eigenvalue weighted by Gasteiger charge is -2.12. The van der Waals surface area contributed by atoms with Gasteiger partial charge >= 0.3 is 0 Å². The molecule has 0 unspecified atom stereocenters. The number of hydrogen-bond acceptors (Lipinski definition) is 4. The number of carbonyl (C=O) groups is 1. The van der Waals surface area contributed by atoms with Gasteiger partial charge in [0.1, 0.15) is 5.65 Å². The molecule has 1 amide bonds. The van der Waals surface area contributed by atoms with E-state index in [1.54, 1.807) is 0 Å². The number of imidazole rings is 1. The highest BCUT2D eigenvalue weighted by Gasteiger charge is 2.18. The molecule has 0 radical (unpaired) electrons. The second kappa shape index (κ2) is 7.38. The van der Waals surface area contributed by atoms with Gasteiger partial charge in [-0.15, -0.1) is 0 Å². The minimum Gasteiger partial charge on any atom is -0.351 e. The van der Waals surface area contributed by atoms with Crippen molar-refractivity contribution in [2.75, 3.05) is 41.3 Å². The Hall–Kier alpha value is -1.92. The van der Waals surface area contributed by atoms with Crippen LogP contribution in [-0.2, 0) is 6.54 Å². The van der Waals surface area contributed by atoms with E-state index in [-0.39, 0.29) is 5.91 Å². The van der Waals surface area contributed by atoms with E-state index in [4.69, 9.17) is 0 Å². The van der Waals surface area contributed by atoms with Crippen LogP contribution in [0.25, 0.3) is 5.65 Å². The molecule has 2 aromatic heterocycles. The molecule has 0 spiro atoms. The van der Waals surface area contributed by atoms with Gasteiger partial charge in [0.15, 0.2) is 5.69 Å². The van der Waals surface area contributed by atoms with Gasteiger partial charge in [0.2, 0.25) is 0 Å². The number of hydrogen-bond donors (Lipinski definition) is 1. The Labute approximate surface area is 131 Å². The standard InChI is InChI=1S/C16H25N5O/c1-19(2)10-7-9-17-16(22)15-13(12-20(3)4)21-11-6-5-8-14(21)18-15/h5-6,8,11H,7,9-10,12H2,1-4H3,(H,17,22). The van der Waals surface area contributed by atoms with E-state index in [0.717, 1.165) is 24.3 Å². The van der Waals surface area contributed by atoms with Gasteiger partial charge in [-0.1, -0.05) is 6.07 Å². The third-order valence-corrected chi connectivity index (χ3v) is 3.38. The van der Waals surface area contributed by atoms with E-state index in [2.05, 4.69) is 15.2 Å². The van der Waals surface area contributed by atoms with Crippen molar-refractivity contribution in [1.29, 1.82) is 0 Å². The maximum absolute atomic E-state index is 12.4. The van der Waals surface area contributed by atoms with Gasteiger partial charge in [-0.05, 0) is 53.3 Å². The van der Waals surface area contributed by atoms with Gasteiger partial charge in [0.05, 0.1) is 5.69 Å². The van der Waals surface area contributed by atoms with Crippen LogP contribution in [0.3, 0.4) is 0 Å². The fourth-order valence-electron chi connectivity index (χ4n) is 2.36. The Morgan fingerprint density at radius 3 is 2.68 bits per heavy atom. The first kappa shape index (κ1) is 16.5. The number of nitrogens with one attached hydrogen (secondary N) is 1. The van der Waals surface area contributed by atoms with Gasteiger partial charge in [-0.3, -0.25) is 4.79 Å². The van der Waals surface area contributed by atoms with E-state index in [0.29, 0.717) is 18.8 Å². The van der Waals surface area contributed by atoms with Crippen LogP contribution in [0.1, 0.15) is 22.6 Å². The maximum Gasteiger partial charge on any atom is 0.271 e. The monoisotopic (exact) mass is 303 g/mol. The topological polar surface area (TPSA) is 52.9 Å². The Morgan fingerprint density at radius 2 is 2.00 bits per heavy atom. The molecule has 0 bridgehead atoms. The zero-order valence-electron chi connectivity index (χ0n) is 13.8. The van der Waals surface area contributed by atoms with Crippen LogP contribution in [0.4, 0.5) is 0 Å². The first-order chi connectivity index (χ1) is 10.5. The van der Waals surface area contributed by atoms with Gasteiger partial charge in [-0.25, -0.2) is 4.98 Å². The molecule has 2 aromatic rings. The van der Waals surface area contributed by atoms with Gasteiger partial charge in [0.25, 0.3) is 5.91 Å². The van der Waals surface area contributed by atoms with Crippen molar-refractivity contribution >= 4 is 11.6 Å². The summed E-state index contributed by atoms with van der Waals surface area (Å²) in [4.78, 5) is 21.1. The molecule has 0 aliphatic heterocycles. The predicted octanol–water partition coefficient (Wildman–Crippen LogP) is 1.08. The zero-order valence-corrected chi connectivity index (χ0v) is 13.8. The molecular formula is C16H25N5O. The number of rotatable bonds is 7. The fourth-order valence-corrected chi connectivity index (χ4v) is 2.36. The smallest absolute Gasteiger partial charge is 0.271 e. The molecule has 120 valence electrons. The highest BCUT2D eigenvalue weighted by Crippen LogP contribution is 2.14. The predicted molar refractivity (Wildman–Crippen MR) is 88.1 cm³/mol. The van der Waals surface area contributed by atoms with Crippen molar-refractivity contribution in [3.63, 3.8) is 0 Å². The van der Waals surface area contributed by atoms with Crippen LogP contribution >= 0.6 is 0 Å². The van der Waals surface area contributed by atoms with Crippen LogP contribution < -0.4 is 5.32 Å². The number of nitrogens with zero attached hydrogens (tertiary/aromatic N) is 4. The molecule has 2 rings (SSSR count). The summed E-state index contributed by atoms with van der Waals surface area (Å²) in [6.07, 6.45) is 2.87. The van der Waals surface area contributed by atoms with Crippen LogP contribution in [0.15, 0.2) is 24.4 Å². The molecule has 0 fully saturated rings. The zero-order chi connectivity index (χ0) is 16.1. The quantitative estimate of drug-likeness (QED) is 0.778. The molecule has 22 heavy (non-hydrogen) atoms. The molecular weight excluding hydrogens is 278 g/mol. The Bertz CT molecular complexity index is 632. The second-order valence-electron chi connectivity index (χ2n) is 5.99. The first-order valence-corrected chi connectivity index (χ1v) is 7.52. The summed E-state index contributed by atoms with van der Waals surface area (Å²) in [5.74, 6) is -0.0979. The molecule has 0 saturated carbocycles. The third-order valence-electron chi connectivity index (χ3n) is 3.38. The average Bonchev–Trinajstić information content (AvgIpc) is 2.82. The summed E-state index contributed by atoms with van der Waals surface area (Å²) >= 11 is 0. The van der Waals surface area contributed by atoms with E-state index < -0.39 is 0 Å². The molecule has 0 aromatic carbocycles. The molecule has 6 nitrogen and oxygen atoms in total. The lowest BCUT2D eigenvalue weighted by Crippen LogP contribution is -2.28. The number of fused-ring (bicyclic) bond motifs is 1. The third kappa shape index (κ3) is 4.05. The summed E-state index contributed by atoms with van der Waals surface area (Å²) in [6.45, 7) is 2.29. The van der Waals surface area contributed by atoms with Crippen molar-refractivity contribution < 1.29 is 4.79 Å². The minimum absolute atomic E-state index is 0.0979. The van der Waals surface area contributed by atoms with Gasteiger partial charge in [-0.2, -0.15) is 0 Å². The largest absolute Gasteiger partial charge is 0.351 e. The van der Waals surface area contributed by atoms with Crippen LogP contribution in [-0.4, -0.2) is 66.4 Å². The van der Waals surface area contributed by atoms with Crippen molar-refractivity contribution in [2.24, 2.45) is 0 Å². The molecule has 0 atom stereocenters. The Morgan fingerprint density at radius 1 is 1.23 bits per heavy atom. The van der Waals surface area contributed by atoms with Crippen molar-refractivity contribution in [3.8, 4) is 0 Å². The fraction of sp³-hybridized carbons (Fsp3) is 0.500. The summed E-state index contributed by atoms with van der Waals surface area (Å²) in [6, 6.07) is 5.80. The number of amides is 1. The van der Waals surface area contributed by atoms with Crippen LogP contribution in [0.2, 0.25) is 0 Å². The number of aromatic nitrogens is 2. The van der Waals surface area contributed by atoms with Crippen LogP contribution in [0.5, 0.6) is 0 Å². The summed E-state index contributed by atoms with van der Waals surface area (Å²) in [7, 11) is 8.03. The Balaban J connectivity index is 2.16.